The van der Waals surface area contributed by atoms with Crippen LogP contribution in [0.25, 0.3) is 0 Å². The SMILES string of the molecule is CC(=O)OCC[S-].CC(=O)OCC[S-].CC(=O)OCC[S-].[CH3][Sn+3]. The molecule has 0 heterocycles. The summed E-state index contributed by atoms with van der Waals surface area (Å²) in [6, 6.07) is 0. The van der Waals surface area contributed by atoms with Crippen LogP contribution in [0.1, 0.15) is 20.8 Å². The van der Waals surface area contributed by atoms with E-state index < -0.39 is 0 Å². The Hall–Kier alpha value is 0.259. The summed E-state index contributed by atoms with van der Waals surface area (Å²) in [6.07, 6.45) is 0. The van der Waals surface area contributed by atoms with Crippen molar-refractivity contribution in [2.45, 2.75) is 25.7 Å². The topological polar surface area (TPSA) is 78.9 Å². The molecule has 6 nitrogen and oxygen atoms in total. The van der Waals surface area contributed by atoms with Gasteiger partial charge in [0.2, 0.25) is 0 Å². The molecular weight excluding hydrogens is 467 g/mol. The van der Waals surface area contributed by atoms with Gasteiger partial charge in [-0.3, -0.25) is 14.4 Å². The molecule has 10 heteroatoms. The van der Waals surface area contributed by atoms with Gasteiger partial charge < -0.3 is 52.1 Å². The zero-order valence-electron chi connectivity index (χ0n) is 13.9. The Morgan fingerprint density at radius 2 is 0.826 bits per heavy atom. The van der Waals surface area contributed by atoms with Crippen molar-refractivity contribution in [3.05, 3.63) is 0 Å². The third kappa shape index (κ3) is 60.8. The predicted molar refractivity (Wildman–Crippen MR) is 98.2 cm³/mol. The fourth-order valence-electron chi connectivity index (χ4n) is 0.556. The first kappa shape index (κ1) is 31.1. The molecule has 0 bridgehead atoms. The molecule has 0 N–H and O–H groups in total. The molecule has 0 atom stereocenters. The van der Waals surface area contributed by atoms with Crippen molar-refractivity contribution in [2.75, 3.05) is 37.1 Å². The molecule has 0 aromatic carbocycles. The van der Waals surface area contributed by atoms with Crippen molar-refractivity contribution in [3.8, 4) is 0 Å². The number of ether oxygens (including phenoxy) is 3. The van der Waals surface area contributed by atoms with Crippen LogP contribution in [0.4, 0.5) is 0 Å². The van der Waals surface area contributed by atoms with Crippen LogP contribution in [-0.4, -0.2) is 77.5 Å². The first-order valence-corrected chi connectivity index (χ1v) is 11.0. The van der Waals surface area contributed by atoms with Crippen LogP contribution >= 0.6 is 0 Å². The molecule has 0 aliphatic heterocycles. The summed E-state index contributed by atoms with van der Waals surface area (Å²) in [5.74, 6) is 0.679. The van der Waals surface area contributed by atoms with Crippen LogP contribution in [0, 0.1) is 0 Å². The monoisotopic (exact) mass is 492 g/mol. The Labute approximate surface area is 169 Å². The minimum absolute atomic E-state index is 0.259. The van der Waals surface area contributed by atoms with Gasteiger partial charge in [-0.2, -0.15) is 0 Å². The number of hydrogen-bond donors (Lipinski definition) is 0. The van der Waals surface area contributed by atoms with E-state index in [4.69, 9.17) is 0 Å². The molecule has 134 valence electrons. The number of hydrogen-bond acceptors (Lipinski definition) is 9. The van der Waals surface area contributed by atoms with Crippen LogP contribution in [-0.2, 0) is 66.5 Å². The Morgan fingerprint density at radius 3 is 0.870 bits per heavy atom. The Balaban J connectivity index is -0.000000111. The van der Waals surface area contributed by atoms with Gasteiger partial charge in [0, 0.05) is 20.8 Å². The number of carbonyl (C=O) groups excluding carboxylic acids is 3. The van der Waals surface area contributed by atoms with Gasteiger partial charge >= 0.3 is 45.4 Å². The molecule has 0 aliphatic rings. The van der Waals surface area contributed by atoms with E-state index in [2.05, 4.69) is 57.0 Å². The summed E-state index contributed by atoms with van der Waals surface area (Å²) in [5.41, 5.74) is 0. The molecule has 0 radical (unpaired) electrons. The molecule has 0 fully saturated rings. The van der Waals surface area contributed by atoms with Crippen molar-refractivity contribution in [3.63, 3.8) is 0 Å². The van der Waals surface area contributed by atoms with E-state index in [9.17, 15) is 14.4 Å². The molecule has 0 amide bonds. The fourth-order valence-corrected chi connectivity index (χ4v) is 0.806. The maximum absolute atomic E-state index is 9.93. The maximum atomic E-state index is 9.93. The fraction of sp³-hybridized carbons (Fsp3) is 0.769. The molecule has 0 spiro atoms. The van der Waals surface area contributed by atoms with Crippen LogP contribution < -0.4 is 0 Å². The van der Waals surface area contributed by atoms with Gasteiger partial charge in [-0.15, -0.1) is 17.3 Å². The first-order valence-electron chi connectivity index (χ1n) is 6.46. The van der Waals surface area contributed by atoms with Gasteiger partial charge in [-0.25, -0.2) is 0 Å². The number of esters is 3. The quantitative estimate of drug-likeness (QED) is 0.229. The predicted octanol–water partition coefficient (Wildman–Crippen LogP) is 0.492. The first-order chi connectivity index (χ1) is 10.8. The summed E-state index contributed by atoms with van der Waals surface area (Å²) in [6.45, 7) is 5.20. The van der Waals surface area contributed by atoms with Crippen molar-refractivity contribution in [1.29, 1.82) is 0 Å². The number of carbonyl (C=O) groups is 3. The average molecular weight is 491 g/mol. The molecule has 0 rings (SSSR count). The third-order valence-electron chi connectivity index (χ3n) is 1.17. The van der Waals surface area contributed by atoms with Crippen molar-refractivity contribution in [1.82, 2.24) is 0 Å². The number of rotatable bonds is 6. The molecule has 23 heavy (non-hydrogen) atoms. The minimum atomic E-state index is -0.259. The molecule has 0 saturated carbocycles. The van der Waals surface area contributed by atoms with Crippen molar-refractivity contribution >= 4 is 78.3 Å². The zero-order chi connectivity index (χ0) is 19.1. The van der Waals surface area contributed by atoms with E-state index >= 15 is 0 Å². The van der Waals surface area contributed by atoms with Crippen LogP contribution in [0.2, 0.25) is 4.94 Å². The van der Waals surface area contributed by atoms with E-state index in [0.717, 1.165) is 0 Å². The molecule has 0 saturated heterocycles. The van der Waals surface area contributed by atoms with Crippen LogP contribution in [0.15, 0.2) is 0 Å². The molecule has 0 aromatic rings. The van der Waals surface area contributed by atoms with Gasteiger partial charge in [0.25, 0.3) is 0 Å². The average Bonchev–Trinajstić information content (AvgIpc) is 2.52. The summed E-state index contributed by atoms with van der Waals surface area (Å²) in [7, 11) is 0. The Bertz CT molecular complexity index is 238. The summed E-state index contributed by atoms with van der Waals surface area (Å²) in [5, 5.41) is 0. The van der Waals surface area contributed by atoms with E-state index in [1.165, 1.54) is 20.8 Å². The molecule has 0 aliphatic carbocycles. The van der Waals surface area contributed by atoms with E-state index in [0.29, 0.717) is 37.1 Å². The summed E-state index contributed by atoms with van der Waals surface area (Å²) < 4.78 is 13.3. The molecule has 0 unspecified atom stereocenters. The molecular formula is C13H24O6S3Sn. The van der Waals surface area contributed by atoms with Crippen LogP contribution in [0.5, 0.6) is 0 Å². The molecule has 0 aromatic heterocycles. The Kier molecular flexibility index (Phi) is 40.8. The van der Waals surface area contributed by atoms with E-state index in [-0.39, 0.29) is 17.9 Å². The van der Waals surface area contributed by atoms with Gasteiger partial charge in [0.05, 0.1) is 19.8 Å². The van der Waals surface area contributed by atoms with Gasteiger partial charge in [0.15, 0.2) is 0 Å². The second-order valence-corrected chi connectivity index (χ2v) is 4.36. The summed E-state index contributed by atoms with van der Waals surface area (Å²) in [4.78, 5) is 31.9. The van der Waals surface area contributed by atoms with Crippen molar-refractivity contribution in [2.24, 2.45) is 0 Å². The van der Waals surface area contributed by atoms with Crippen LogP contribution in [0.3, 0.4) is 0 Å². The van der Waals surface area contributed by atoms with Gasteiger partial charge in [-0.05, 0) is 0 Å². The second-order valence-electron chi connectivity index (χ2n) is 3.13. The van der Waals surface area contributed by atoms with Gasteiger partial charge in [0.1, 0.15) is 0 Å². The third-order valence-corrected chi connectivity index (χ3v) is 1.67. The Morgan fingerprint density at radius 1 is 0.652 bits per heavy atom. The summed E-state index contributed by atoms with van der Waals surface area (Å²) >= 11 is 15.0. The zero-order valence-corrected chi connectivity index (χ0v) is 19.2. The normalized spacial score (nSPS) is 7.87. The van der Waals surface area contributed by atoms with Gasteiger partial charge in [-0.1, -0.05) is 0 Å². The second kappa shape index (κ2) is 30.2. The standard InChI is InChI=1S/3C4H8O2S.CH3.Sn/c3*1-4(5)6-2-3-7;;/h3*7H,2-3H2,1H3;1H3;/q;;;;+3/p-3. The van der Waals surface area contributed by atoms with Crippen molar-refractivity contribution < 1.29 is 28.6 Å². The van der Waals surface area contributed by atoms with E-state index in [1.54, 1.807) is 22.5 Å². The van der Waals surface area contributed by atoms with E-state index in [1.807, 2.05) is 0 Å².